The van der Waals surface area contributed by atoms with Crippen LogP contribution in [0.25, 0.3) is 5.69 Å². The van der Waals surface area contributed by atoms with E-state index >= 15 is 0 Å². The van der Waals surface area contributed by atoms with Crippen LogP contribution in [0.3, 0.4) is 0 Å². The summed E-state index contributed by atoms with van der Waals surface area (Å²) in [5.41, 5.74) is 2.09. The molecule has 0 spiro atoms. The molecule has 9 heteroatoms. The highest BCUT2D eigenvalue weighted by molar-refractivity contribution is 7.99. The molecule has 0 radical (unpaired) electrons. The van der Waals surface area contributed by atoms with Gasteiger partial charge in [-0.3, -0.25) is 14.2 Å². The summed E-state index contributed by atoms with van der Waals surface area (Å²) in [6, 6.07) is 18.2. The van der Waals surface area contributed by atoms with E-state index in [-0.39, 0.29) is 17.6 Å². The molecule has 0 saturated carbocycles. The third-order valence-corrected chi connectivity index (χ3v) is 5.98. The minimum absolute atomic E-state index is 0.132. The highest BCUT2D eigenvalue weighted by Crippen LogP contribution is 2.22. The second kappa shape index (κ2) is 11.4. The first-order valence-electron chi connectivity index (χ1n) is 11.1. The van der Waals surface area contributed by atoms with Crippen LogP contribution in [0.15, 0.2) is 82.6 Å². The van der Waals surface area contributed by atoms with Crippen LogP contribution < -0.4 is 15.4 Å². The molecule has 2 N–H and O–H groups in total. The Labute approximate surface area is 207 Å². The molecule has 0 bridgehead atoms. The van der Waals surface area contributed by atoms with E-state index in [4.69, 9.17) is 9.15 Å². The van der Waals surface area contributed by atoms with Gasteiger partial charge in [-0.25, -0.2) is 4.98 Å². The van der Waals surface area contributed by atoms with Gasteiger partial charge in [-0.15, -0.1) is 0 Å². The zero-order valence-corrected chi connectivity index (χ0v) is 20.3. The van der Waals surface area contributed by atoms with E-state index in [0.717, 1.165) is 17.2 Å². The summed E-state index contributed by atoms with van der Waals surface area (Å²) in [4.78, 5) is 29.2. The number of furan rings is 1. The zero-order valence-electron chi connectivity index (χ0n) is 19.5. The van der Waals surface area contributed by atoms with Crippen molar-refractivity contribution >= 4 is 29.3 Å². The molecule has 0 unspecified atom stereocenters. The van der Waals surface area contributed by atoms with Crippen molar-refractivity contribution in [3.8, 4) is 11.4 Å². The molecule has 2 heterocycles. The number of aryl methyl sites for hydroxylation is 1. The number of rotatable bonds is 10. The molecule has 35 heavy (non-hydrogen) atoms. The Hall–Kier alpha value is -3.98. The number of imidazole rings is 1. The molecule has 4 rings (SSSR count). The molecule has 0 aliphatic rings. The van der Waals surface area contributed by atoms with Gasteiger partial charge in [-0.05, 0) is 74.5 Å². The van der Waals surface area contributed by atoms with Crippen LogP contribution in [-0.2, 0) is 11.3 Å². The lowest BCUT2D eigenvalue weighted by atomic mass is 10.2. The number of nitrogens with one attached hydrogen (secondary N) is 2. The van der Waals surface area contributed by atoms with Crippen molar-refractivity contribution in [1.82, 2.24) is 14.9 Å². The summed E-state index contributed by atoms with van der Waals surface area (Å²) in [5, 5.41) is 6.40. The second-order valence-corrected chi connectivity index (χ2v) is 8.56. The second-order valence-electron chi connectivity index (χ2n) is 7.62. The molecule has 2 aromatic heterocycles. The molecule has 8 nitrogen and oxygen atoms in total. The minimum Gasteiger partial charge on any atom is -0.494 e. The number of carbonyl (C=O) groups is 2. The Morgan fingerprint density at radius 1 is 1.06 bits per heavy atom. The van der Waals surface area contributed by atoms with E-state index in [1.807, 2.05) is 73.1 Å². The average Bonchev–Trinajstić information content (AvgIpc) is 3.51. The predicted octanol–water partition coefficient (Wildman–Crippen LogP) is 4.83. The molecule has 0 aliphatic heterocycles. The molecule has 2 amide bonds. The van der Waals surface area contributed by atoms with E-state index < -0.39 is 0 Å². The van der Waals surface area contributed by atoms with Crippen molar-refractivity contribution in [2.24, 2.45) is 0 Å². The maximum Gasteiger partial charge on any atom is 0.251 e. The van der Waals surface area contributed by atoms with Gasteiger partial charge in [0.2, 0.25) is 5.91 Å². The molecule has 4 aromatic rings. The fraction of sp³-hybridized carbons (Fsp3) is 0.192. The number of nitrogens with zero attached hydrogens (tertiary/aromatic N) is 2. The fourth-order valence-corrected chi connectivity index (χ4v) is 4.12. The standard InChI is InChI=1S/C26H26N4O4S/c1-3-33-22-12-7-20(8-13-22)29-24(31)17-35-26-27-14-15-30(26)21-9-5-19(6-10-21)25(32)28-16-23-11-4-18(2)34-23/h4-15H,3,16-17H2,1-2H3,(H,28,32)(H,29,31). The summed E-state index contributed by atoms with van der Waals surface area (Å²) in [5.74, 6) is 2.17. The van der Waals surface area contributed by atoms with E-state index in [2.05, 4.69) is 15.6 Å². The molecule has 0 fully saturated rings. The Morgan fingerprint density at radius 3 is 2.51 bits per heavy atom. The van der Waals surface area contributed by atoms with Gasteiger partial charge in [0.15, 0.2) is 5.16 Å². The first-order chi connectivity index (χ1) is 17.0. The molecule has 180 valence electrons. The van der Waals surface area contributed by atoms with Gasteiger partial charge in [0.1, 0.15) is 17.3 Å². The quantitative estimate of drug-likeness (QED) is 0.309. The minimum atomic E-state index is -0.184. The van der Waals surface area contributed by atoms with Gasteiger partial charge in [-0.2, -0.15) is 0 Å². The van der Waals surface area contributed by atoms with Gasteiger partial charge in [0.05, 0.1) is 18.9 Å². The van der Waals surface area contributed by atoms with Crippen molar-refractivity contribution in [2.75, 3.05) is 17.7 Å². The van der Waals surface area contributed by atoms with Crippen molar-refractivity contribution in [2.45, 2.75) is 25.5 Å². The lowest BCUT2D eigenvalue weighted by molar-refractivity contribution is -0.113. The Bertz CT molecular complexity index is 1280. The average molecular weight is 491 g/mol. The SMILES string of the molecule is CCOc1ccc(NC(=O)CSc2nccn2-c2ccc(C(=O)NCc3ccc(C)o3)cc2)cc1. The Kier molecular flexibility index (Phi) is 7.89. The first-order valence-corrected chi connectivity index (χ1v) is 12.1. The van der Waals surface area contributed by atoms with Crippen LogP contribution in [0.2, 0.25) is 0 Å². The highest BCUT2D eigenvalue weighted by Gasteiger charge is 2.11. The van der Waals surface area contributed by atoms with E-state index in [1.54, 1.807) is 18.3 Å². The number of anilines is 1. The van der Waals surface area contributed by atoms with Crippen molar-refractivity contribution in [1.29, 1.82) is 0 Å². The topological polar surface area (TPSA) is 98.4 Å². The van der Waals surface area contributed by atoms with Crippen LogP contribution in [0.5, 0.6) is 5.75 Å². The van der Waals surface area contributed by atoms with Gasteiger partial charge in [-0.1, -0.05) is 11.8 Å². The highest BCUT2D eigenvalue weighted by atomic mass is 32.2. The maximum absolute atomic E-state index is 12.4. The van der Waals surface area contributed by atoms with Crippen LogP contribution in [0, 0.1) is 6.92 Å². The monoisotopic (exact) mass is 490 g/mol. The van der Waals surface area contributed by atoms with E-state index in [9.17, 15) is 9.59 Å². The number of hydrogen-bond donors (Lipinski definition) is 2. The van der Waals surface area contributed by atoms with Crippen LogP contribution in [-0.4, -0.2) is 33.7 Å². The number of thioether (sulfide) groups is 1. The molecular formula is C26H26N4O4S. The molecule has 0 aliphatic carbocycles. The van der Waals surface area contributed by atoms with Gasteiger partial charge in [0.25, 0.3) is 5.91 Å². The molecule has 0 atom stereocenters. The summed E-state index contributed by atoms with van der Waals surface area (Å²) < 4.78 is 12.8. The number of amides is 2. The third-order valence-electron chi connectivity index (χ3n) is 5.02. The lowest BCUT2D eigenvalue weighted by Gasteiger charge is -2.10. The van der Waals surface area contributed by atoms with Gasteiger partial charge in [0, 0.05) is 29.3 Å². The predicted molar refractivity (Wildman–Crippen MR) is 135 cm³/mol. The number of hydrogen-bond acceptors (Lipinski definition) is 6. The molecule has 2 aromatic carbocycles. The Morgan fingerprint density at radius 2 is 1.83 bits per heavy atom. The van der Waals surface area contributed by atoms with E-state index in [0.29, 0.717) is 35.3 Å². The smallest absolute Gasteiger partial charge is 0.251 e. The number of aromatic nitrogens is 2. The largest absolute Gasteiger partial charge is 0.494 e. The van der Waals surface area contributed by atoms with Crippen molar-refractivity contribution in [3.63, 3.8) is 0 Å². The zero-order chi connectivity index (χ0) is 24.6. The van der Waals surface area contributed by atoms with Gasteiger partial charge >= 0.3 is 0 Å². The maximum atomic E-state index is 12.4. The summed E-state index contributed by atoms with van der Waals surface area (Å²) in [6.45, 7) is 4.71. The number of ether oxygens (including phenoxy) is 1. The molecular weight excluding hydrogens is 464 g/mol. The van der Waals surface area contributed by atoms with E-state index in [1.165, 1.54) is 11.8 Å². The molecule has 0 saturated heterocycles. The summed E-state index contributed by atoms with van der Waals surface area (Å²) >= 11 is 1.33. The van der Waals surface area contributed by atoms with Crippen LogP contribution in [0.1, 0.15) is 28.8 Å². The first kappa shape index (κ1) is 24.2. The fourth-order valence-electron chi connectivity index (χ4n) is 3.34. The summed E-state index contributed by atoms with van der Waals surface area (Å²) in [6.07, 6.45) is 3.50. The Balaban J connectivity index is 1.31. The lowest BCUT2D eigenvalue weighted by Crippen LogP contribution is -2.22. The van der Waals surface area contributed by atoms with Crippen LogP contribution in [0.4, 0.5) is 5.69 Å². The normalized spacial score (nSPS) is 10.7. The van der Waals surface area contributed by atoms with Crippen molar-refractivity contribution < 1.29 is 18.7 Å². The number of carbonyl (C=O) groups excluding carboxylic acids is 2. The number of benzene rings is 2. The summed E-state index contributed by atoms with van der Waals surface area (Å²) in [7, 11) is 0. The third kappa shape index (κ3) is 6.54. The van der Waals surface area contributed by atoms with Crippen LogP contribution >= 0.6 is 11.8 Å². The van der Waals surface area contributed by atoms with Crippen molar-refractivity contribution in [3.05, 3.63) is 90.1 Å². The van der Waals surface area contributed by atoms with Gasteiger partial charge < -0.3 is 19.8 Å².